The Hall–Kier alpha value is -3.96. The lowest BCUT2D eigenvalue weighted by molar-refractivity contribution is -0.0968. The highest BCUT2D eigenvalue weighted by molar-refractivity contribution is 5.94. The molecule has 42 heavy (non-hydrogen) atoms. The van der Waals surface area contributed by atoms with E-state index in [-0.39, 0.29) is 38.5 Å². The Kier molecular flexibility index (Phi) is 8.93. The maximum atomic E-state index is 14.9. The van der Waals surface area contributed by atoms with Crippen molar-refractivity contribution in [1.29, 1.82) is 0 Å². The molecule has 1 saturated carbocycles. The van der Waals surface area contributed by atoms with E-state index >= 15 is 0 Å². The van der Waals surface area contributed by atoms with Gasteiger partial charge in [-0.25, -0.2) is 23.2 Å². The molecule has 1 aromatic heterocycles. The molecule has 228 valence electrons. The zero-order valence-corrected chi connectivity index (χ0v) is 24.4. The molecule has 2 unspecified atom stereocenters. The van der Waals surface area contributed by atoms with E-state index in [9.17, 15) is 28.0 Å². The van der Waals surface area contributed by atoms with Crippen LogP contribution in [-0.2, 0) is 27.4 Å². The fourth-order valence-corrected chi connectivity index (χ4v) is 5.52. The molecule has 10 nitrogen and oxygen atoms in total. The summed E-state index contributed by atoms with van der Waals surface area (Å²) in [7, 11) is 0. The van der Waals surface area contributed by atoms with Gasteiger partial charge >= 0.3 is 18.0 Å². The van der Waals surface area contributed by atoms with Gasteiger partial charge in [0.05, 0.1) is 25.3 Å². The number of amides is 1. The largest absolute Gasteiger partial charge is 0.482 e. The van der Waals surface area contributed by atoms with Crippen molar-refractivity contribution in [3.8, 4) is 5.75 Å². The summed E-state index contributed by atoms with van der Waals surface area (Å²) in [6.07, 6.45) is -0.198. The molecule has 1 aromatic carbocycles. The van der Waals surface area contributed by atoms with Gasteiger partial charge in [0.2, 0.25) is 5.43 Å². The Morgan fingerprint density at radius 3 is 2.29 bits per heavy atom. The number of benzene rings is 1. The summed E-state index contributed by atoms with van der Waals surface area (Å²) >= 11 is 0. The molecule has 2 heterocycles. The summed E-state index contributed by atoms with van der Waals surface area (Å²) in [4.78, 5) is 53.9. The number of carbonyl (C=O) groups excluding carboxylic acids is 3. The van der Waals surface area contributed by atoms with Crippen molar-refractivity contribution in [2.24, 2.45) is 5.92 Å². The number of hydrogen-bond donors (Lipinski definition) is 0. The number of hydrogen-bond acceptors (Lipinski definition) is 8. The quantitative estimate of drug-likeness (QED) is 0.302. The van der Waals surface area contributed by atoms with Crippen LogP contribution >= 0.6 is 0 Å². The summed E-state index contributed by atoms with van der Waals surface area (Å²) in [6.45, 7) is 7.68. The lowest BCUT2D eigenvalue weighted by Gasteiger charge is -2.40. The van der Waals surface area contributed by atoms with E-state index in [2.05, 4.69) is 0 Å². The summed E-state index contributed by atoms with van der Waals surface area (Å²) in [5.74, 6) is -6.05. The van der Waals surface area contributed by atoms with Gasteiger partial charge in [-0.05, 0) is 52.5 Å². The average molecular weight is 591 g/mol. The van der Waals surface area contributed by atoms with Gasteiger partial charge in [0.15, 0.2) is 11.4 Å². The molecule has 2 aromatic rings. The lowest BCUT2D eigenvalue weighted by Crippen LogP contribution is -2.55. The Bertz CT molecular complexity index is 1390. The molecule has 1 aliphatic heterocycles. The smallest absolute Gasteiger partial charge is 0.411 e. The first kappa shape index (κ1) is 31.0. The number of likely N-dealkylation sites (tertiary alicyclic amines) is 1. The summed E-state index contributed by atoms with van der Waals surface area (Å²) in [6, 6.07) is 6.63. The molecule has 0 spiro atoms. The van der Waals surface area contributed by atoms with Crippen LogP contribution in [-0.4, -0.2) is 64.3 Å². The molecule has 4 rings (SSSR count). The van der Waals surface area contributed by atoms with Gasteiger partial charge in [-0.15, -0.1) is 0 Å². The number of rotatable bonds is 9. The van der Waals surface area contributed by atoms with E-state index in [4.69, 9.17) is 18.9 Å². The first-order valence-electron chi connectivity index (χ1n) is 13.9. The van der Waals surface area contributed by atoms with Crippen molar-refractivity contribution in [2.75, 3.05) is 13.2 Å². The number of nitrogens with zero attached hydrogens (tertiary/aromatic N) is 2. The minimum absolute atomic E-state index is 0.0218. The minimum Gasteiger partial charge on any atom is -0.482 e. The normalized spacial score (nSPS) is 20.7. The van der Waals surface area contributed by atoms with Gasteiger partial charge < -0.3 is 23.5 Å². The Morgan fingerprint density at radius 2 is 1.67 bits per heavy atom. The third-order valence-corrected chi connectivity index (χ3v) is 7.20. The second-order valence-electron chi connectivity index (χ2n) is 11.3. The summed E-state index contributed by atoms with van der Waals surface area (Å²) < 4.78 is 52.7. The number of piperidine rings is 1. The predicted octanol–water partition coefficient (Wildman–Crippen LogP) is 4.81. The summed E-state index contributed by atoms with van der Waals surface area (Å²) in [5.41, 5.74) is -1.85. The monoisotopic (exact) mass is 590 g/mol. The SMILES string of the molecule is CCOC(=O)c1cn(CC2[C@H]3CC(N2C(=O)OC(C)(C)C)C(F)(F)C3)c(C(=O)OCC)c(OCc2ccccc2)c1=O. The van der Waals surface area contributed by atoms with Gasteiger partial charge in [-0.3, -0.25) is 9.69 Å². The fraction of sp³-hybridized carbons (Fsp3) is 0.533. The molecule has 1 aliphatic carbocycles. The third kappa shape index (κ3) is 6.42. The second-order valence-corrected chi connectivity index (χ2v) is 11.3. The number of carbonyl (C=O) groups is 3. The summed E-state index contributed by atoms with van der Waals surface area (Å²) in [5, 5.41) is 0. The highest BCUT2D eigenvalue weighted by Crippen LogP contribution is 2.52. The molecule has 2 aliphatic rings. The molecule has 2 bridgehead atoms. The van der Waals surface area contributed by atoms with Gasteiger partial charge in [-0.1, -0.05) is 30.3 Å². The van der Waals surface area contributed by atoms with Gasteiger partial charge in [0, 0.05) is 19.2 Å². The zero-order chi connectivity index (χ0) is 30.8. The Morgan fingerprint density at radius 1 is 1.02 bits per heavy atom. The highest BCUT2D eigenvalue weighted by atomic mass is 19.3. The maximum Gasteiger partial charge on any atom is 0.411 e. The maximum absolute atomic E-state index is 14.9. The molecular weight excluding hydrogens is 554 g/mol. The minimum atomic E-state index is -3.12. The molecule has 3 atom stereocenters. The van der Waals surface area contributed by atoms with E-state index in [0.717, 1.165) is 11.1 Å². The Labute approximate surface area is 242 Å². The molecule has 0 radical (unpaired) electrons. The fourth-order valence-electron chi connectivity index (χ4n) is 5.52. The van der Waals surface area contributed by atoms with Crippen LogP contribution in [0.1, 0.15) is 73.9 Å². The van der Waals surface area contributed by atoms with E-state index < -0.39 is 70.7 Å². The van der Waals surface area contributed by atoms with E-state index in [1.807, 2.05) is 0 Å². The van der Waals surface area contributed by atoms with Crippen molar-refractivity contribution >= 4 is 18.0 Å². The molecular formula is C30H36F2N2O8. The topological polar surface area (TPSA) is 113 Å². The highest BCUT2D eigenvalue weighted by Gasteiger charge is 2.63. The van der Waals surface area contributed by atoms with Crippen molar-refractivity contribution in [2.45, 2.75) is 84.2 Å². The van der Waals surface area contributed by atoms with Gasteiger partial charge in [0.25, 0.3) is 5.92 Å². The Balaban J connectivity index is 1.83. The molecule has 12 heteroatoms. The predicted molar refractivity (Wildman–Crippen MR) is 147 cm³/mol. The zero-order valence-electron chi connectivity index (χ0n) is 24.4. The van der Waals surface area contributed by atoms with Crippen molar-refractivity contribution in [3.63, 3.8) is 0 Å². The molecule has 1 amide bonds. The van der Waals surface area contributed by atoms with Crippen LogP contribution in [0.3, 0.4) is 0 Å². The van der Waals surface area contributed by atoms with Crippen LogP contribution in [0.4, 0.5) is 13.6 Å². The van der Waals surface area contributed by atoms with Crippen LogP contribution in [0.2, 0.25) is 0 Å². The van der Waals surface area contributed by atoms with Crippen molar-refractivity contribution < 1.29 is 42.1 Å². The number of ether oxygens (including phenoxy) is 4. The average Bonchev–Trinajstić information content (AvgIpc) is 3.41. The number of alkyl halides is 2. The molecule has 1 saturated heterocycles. The van der Waals surface area contributed by atoms with E-state index in [1.165, 1.54) is 4.57 Å². The number of aromatic nitrogens is 1. The van der Waals surface area contributed by atoms with Crippen molar-refractivity contribution in [3.05, 3.63) is 63.6 Å². The number of esters is 2. The van der Waals surface area contributed by atoms with Crippen LogP contribution in [0.25, 0.3) is 0 Å². The lowest BCUT2D eigenvalue weighted by atomic mass is 9.96. The second kappa shape index (κ2) is 12.1. The standard InChI is InChI=1S/C30H36F2N2O8/c1-6-39-26(36)20-15-33(16-21-19-13-22(30(31,32)14-19)34(21)28(38)42-29(3,4)5)23(27(37)40-7-2)25(24(20)35)41-17-18-11-9-8-10-12-18/h8-12,15,19,21-22H,6-7,13-14,16-17H2,1-5H3/t19-,21?,22?/m0/s1. The molecule has 0 N–H and O–H groups in total. The van der Waals surface area contributed by atoms with Gasteiger partial charge in [0.1, 0.15) is 17.8 Å². The van der Waals surface area contributed by atoms with Crippen molar-refractivity contribution in [1.82, 2.24) is 9.47 Å². The van der Waals surface area contributed by atoms with Crippen LogP contribution < -0.4 is 10.2 Å². The van der Waals surface area contributed by atoms with E-state index in [0.29, 0.717) is 5.56 Å². The third-order valence-electron chi connectivity index (χ3n) is 7.20. The molecule has 2 fully saturated rings. The number of pyridine rings is 1. The number of fused-ring (bicyclic) bond motifs is 2. The van der Waals surface area contributed by atoms with Crippen LogP contribution in [0.15, 0.2) is 41.3 Å². The van der Waals surface area contributed by atoms with Gasteiger partial charge in [-0.2, -0.15) is 0 Å². The van der Waals surface area contributed by atoms with Crippen LogP contribution in [0, 0.1) is 5.92 Å². The van der Waals surface area contributed by atoms with E-state index in [1.54, 1.807) is 65.0 Å². The van der Waals surface area contributed by atoms with Crippen LogP contribution in [0.5, 0.6) is 5.75 Å². The first-order chi connectivity index (χ1) is 19.8. The first-order valence-corrected chi connectivity index (χ1v) is 13.9. The number of halogens is 2.